The first kappa shape index (κ1) is 32.4. The summed E-state index contributed by atoms with van der Waals surface area (Å²) < 4.78 is 12.7. The van der Waals surface area contributed by atoms with Gasteiger partial charge >= 0.3 is 5.97 Å². The number of ether oxygens (including phenoxy) is 2. The van der Waals surface area contributed by atoms with Gasteiger partial charge in [0, 0.05) is 32.2 Å². The second-order valence-corrected chi connectivity index (χ2v) is 12.0. The van der Waals surface area contributed by atoms with Crippen LogP contribution in [0.4, 0.5) is 0 Å². The highest BCUT2D eigenvalue weighted by Crippen LogP contribution is 2.59. The molecule has 3 saturated heterocycles. The van der Waals surface area contributed by atoms with Crippen LogP contribution in [0.5, 0.6) is 0 Å². The van der Waals surface area contributed by atoms with Crippen molar-refractivity contribution in [2.75, 3.05) is 19.7 Å². The molecular formula is C33H45N3O7. The van der Waals surface area contributed by atoms with Gasteiger partial charge < -0.3 is 29.7 Å². The third kappa shape index (κ3) is 6.26. The van der Waals surface area contributed by atoms with Gasteiger partial charge in [0.2, 0.25) is 17.7 Å². The number of allylic oxidation sites excluding steroid dienone is 1. The molecule has 10 heteroatoms. The predicted octanol–water partition coefficient (Wildman–Crippen LogP) is 2.92. The van der Waals surface area contributed by atoms with Crippen LogP contribution in [0.25, 0.3) is 0 Å². The van der Waals surface area contributed by atoms with Crippen molar-refractivity contribution in [3.8, 4) is 0 Å². The van der Waals surface area contributed by atoms with E-state index >= 15 is 0 Å². The van der Waals surface area contributed by atoms with Crippen LogP contribution in [0.2, 0.25) is 0 Å². The number of amides is 3. The first-order chi connectivity index (χ1) is 20.6. The third-order valence-corrected chi connectivity index (χ3v) is 8.89. The van der Waals surface area contributed by atoms with Crippen molar-refractivity contribution in [2.45, 2.75) is 88.8 Å². The summed E-state index contributed by atoms with van der Waals surface area (Å²) in [6.45, 7) is 13.4. The topological polar surface area (TPSA) is 125 Å². The number of aliphatic hydroxyl groups is 1. The Kier molecular flexibility index (Phi) is 10.4. The minimum absolute atomic E-state index is 0.146. The zero-order valence-electron chi connectivity index (χ0n) is 25.4. The van der Waals surface area contributed by atoms with Gasteiger partial charge in [0.15, 0.2) is 0 Å². The lowest BCUT2D eigenvalue weighted by Gasteiger charge is -2.38. The summed E-state index contributed by atoms with van der Waals surface area (Å²) in [5.74, 6) is -3.16. The Bertz CT molecular complexity index is 1200. The molecule has 3 amide bonds. The highest BCUT2D eigenvalue weighted by Gasteiger charge is 2.75. The average molecular weight is 596 g/mol. The van der Waals surface area contributed by atoms with E-state index in [0.29, 0.717) is 37.8 Å². The zero-order chi connectivity index (χ0) is 31.3. The van der Waals surface area contributed by atoms with E-state index in [1.165, 1.54) is 4.90 Å². The Morgan fingerprint density at radius 3 is 2.56 bits per heavy atom. The molecule has 3 heterocycles. The molecule has 10 nitrogen and oxygen atoms in total. The minimum atomic E-state index is -1.17. The number of likely N-dealkylation sites (tertiary alicyclic amines) is 1. The summed E-state index contributed by atoms with van der Waals surface area (Å²) in [4.78, 5) is 58.0. The molecule has 1 aromatic carbocycles. The molecule has 0 aromatic heterocycles. The van der Waals surface area contributed by atoms with Gasteiger partial charge in [0.25, 0.3) is 0 Å². The van der Waals surface area contributed by atoms with Crippen molar-refractivity contribution in [1.29, 1.82) is 0 Å². The van der Waals surface area contributed by atoms with Crippen molar-refractivity contribution >= 4 is 23.7 Å². The molecule has 0 aliphatic carbocycles. The molecule has 3 aliphatic heterocycles. The fourth-order valence-corrected chi connectivity index (χ4v) is 6.97. The second-order valence-electron chi connectivity index (χ2n) is 12.0. The van der Waals surface area contributed by atoms with Crippen molar-refractivity contribution < 1.29 is 33.8 Å². The molecular weight excluding hydrogens is 550 g/mol. The third-order valence-electron chi connectivity index (χ3n) is 8.89. The fraction of sp³-hybridized carbons (Fsp3) is 0.576. The number of fused-ring (bicyclic) bond motifs is 1. The Labute approximate surface area is 254 Å². The van der Waals surface area contributed by atoms with E-state index in [1.807, 2.05) is 44.2 Å². The molecule has 4 rings (SSSR count). The number of nitrogens with zero attached hydrogens (tertiary/aromatic N) is 2. The SMILES string of the molecule is C=CCCC(=O)N[C@@H](C)[C@H](OC(=O)[C@@H]1[C@H]2C(=O)N(CCCO)[C@H](C(=O)N(CC=C)C(C)C)[C@]23CC[C@H]1O3)c1ccccc1. The van der Waals surface area contributed by atoms with Gasteiger partial charge in [-0.15, -0.1) is 13.2 Å². The van der Waals surface area contributed by atoms with Crippen LogP contribution < -0.4 is 5.32 Å². The van der Waals surface area contributed by atoms with Crippen LogP contribution in [0.1, 0.15) is 64.5 Å². The Hall–Kier alpha value is -3.50. The predicted molar refractivity (Wildman–Crippen MR) is 160 cm³/mol. The van der Waals surface area contributed by atoms with Crippen molar-refractivity contribution in [3.05, 3.63) is 61.2 Å². The molecule has 43 heavy (non-hydrogen) atoms. The average Bonchev–Trinajstić information content (AvgIpc) is 3.63. The van der Waals surface area contributed by atoms with Crippen LogP contribution in [-0.4, -0.2) is 88.1 Å². The number of hydrogen-bond acceptors (Lipinski definition) is 7. The Morgan fingerprint density at radius 1 is 1.21 bits per heavy atom. The summed E-state index contributed by atoms with van der Waals surface area (Å²) in [5, 5.41) is 12.5. The van der Waals surface area contributed by atoms with Crippen molar-refractivity contribution in [3.63, 3.8) is 0 Å². The van der Waals surface area contributed by atoms with Crippen LogP contribution in [0, 0.1) is 11.8 Å². The number of carbonyl (C=O) groups is 4. The molecule has 1 aromatic rings. The lowest BCUT2D eigenvalue weighted by Crippen LogP contribution is -2.57. The second kappa shape index (κ2) is 13.9. The molecule has 3 aliphatic rings. The first-order valence-electron chi connectivity index (χ1n) is 15.3. The van der Waals surface area contributed by atoms with Crippen LogP contribution >= 0.6 is 0 Å². The fourth-order valence-electron chi connectivity index (χ4n) is 6.97. The normalized spacial score (nSPS) is 27.0. The Balaban J connectivity index is 1.65. The number of aliphatic hydroxyl groups excluding tert-OH is 1. The van der Waals surface area contributed by atoms with Gasteiger partial charge in [0.05, 0.1) is 24.0 Å². The monoisotopic (exact) mass is 595 g/mol. The maximum Gasteiger partial charge on any atom is 0.313 e. The summed E-state index contributed by atoms with van der Waals surface area (Å²) in [7, 11) is 0. The number of benzene rings is 1. The van der Waals surface area contributed by atoms with Gasteiger partial charge in [-0.25, -0.2) is 0 Å². The lowest BCUT2D eigenvalue weighted by molar-refractivity contribution is -0.162. The van der Waals surface area contributed by atoms with Gasteiger partial charge in [0.1, 0.15) is 17.7 Å². The summed E-state index contributed by atoms with van der Waals surface area (Å²) in [6, 6.07) is 7.55. The maximum atomic E-state index is 14.1. The molecule has 2 bridgehead atoms. The number of rotatable bonds is 15. The highest BCUT2D eigenvalue weighted by molar-refractivity contribution is 5.98. The summed E-state index contributed by atoms with van der Waals surface area (Å²) in [6.07, 6.45) is 3.99. The largest absolute Gasteiger partial charge is 0.455 e. The zero-order valence-corrected chi connectivity index (χ0v) is 25.4. The van der Waals surface area contributed by atoms with Gasteiger partial charge in [-0.1, -0.05) is 42.5 Å². The number of esters is 1. The minimum Gasteiger partial charge on any atom is -0.455 e. The smallest absolute Gasteiger partial charge is 0.313 e. The summed E-state index contributed by atoms with van der Waals surface area (Å²) >= 11 is 0. The van der Waals surface area contributed by atoms with Crippen molar-refractivity contribution in [1.82, 2.24) is 15.1 Å². The van der Waals surface area contributed by atoms with Crippen LogP contribution in [0.15, 0.2) is 55.6 Å². The molecule has 0 saturated carbocycles. The molecule has 1 spiro atoms. The maximum absolute atomic E-state index is 14.1. The number of carbonyl (C=O) groups excluding carboxylic acids is 4. The summed E-state index contributed by atoms with van der Waals surface area (Å²) in [5.41, 5.74) is -0.461. The standard InChI is InChI=1S/C33H45N3O7/c1-6-8-15-25(38)34-22(5)28(23-13-10-9-11-14-23)42-32(41)26-24-16-17-33(43-24)27(26)30(39)36(19-12-20-37)29(33)31(40)35(18-7-2)21(3)4/h6-7,9-11,13-14,21-22,24,26-29,37H,1-2,8,12,15-20H2,3-5H3,(H,34,38)/t22-,24+,26-,27-,28-,29+,33-/m0/s1. The van der Waals surface area contributed by atoms with Gasteiger partial charge in [-0.05, 0) is 52.0 Å². The molecule has 3 fully saturated rings. The highest BCUT2D eigenvalue weighted by atomic mass is 16.6. The molecule has 0 unspecified atom stereocenters. The lowest BCUT2D eigenvalue weighted by atomic mass is 9.70. The van der Waals surface area contributed by atoms with E-state index in [4.69, 9.17) is 9.47 Å². The van der Waals surface area contributed by atoms with E-state index in [2.05, 4.69) is 18.5 Å². The van der Waals surface area contributed by atoms with Gasteiger partial charge in [-0.3, -0.25) is 19.2 Å². The van der Waals surface area contributed by atoms with Crippen LogP contribution in [0.3, 0.4) is 0 Å². The number of hydrogen-bond donors (Lipinski definition) is 2. The van der Waals surface area contributed by atoms with Crippen LogP contribution in [-0.2, 0) is 28.7 Å². The van der Waals surface area contributed by atoms with E-state index in [1.54, 1.807) is 24.0 Å². The molecule has 7 atom stereocenters. The molecule has 2 N–H and O–H groups in total. The molecule has 0 radical (unpaired) electrons. The van der Waals surface area contributed by atoms with E-state index < -0.39 is 47.7 Å². The first-order valence-corrected chi connectivity index (χ1v) is 15.3. The molecule has 234 valence electrons. The van der Waals surface area contributed by atoms with Gasteiger partial charge in [-0.2, -0.15) is 0 Å². The van der Waals surface area contributed by atoms with E-state index in [9.17, 15) is 24.3 Å². The van der Waals surface area contributed by atoms with Crippen molar-refractivity contribution in [2.24, 2.45) is 11.8 Å². The quantitative estimate of drug-likeness (QED) is 0.236. The van der Waals surface area contributed by atoms with E-state index in [-0.39, 0.29) is 43.3 Å². The van der Waals surface area contributed by atoms with E-state index in [0.717, 1.165) is 0 Å². The number of nitrogens with one attached hydrogen (secondary N) is 1. The Morgan fingerprint density at radius 2 is 1.93 bits per heavy atom.